The first-order chi connectivity index (χ1) is 8.25. The van der Waals surface area contributed by atoms with Crippen LogP contribution in [0, 0.1) is 0 Å². The van der Waals surface area contributed by atoms with Gasteiger partial charge in [-0.25, -0.2) is 0 Å². The van der Waals surface area contributed by atoms with Crippen LogP contribution in [0.3, 0.4) is 0 Å². The zero-order chi connectivity index (χ0) is 12.1. The van der Waals surface area contributed by atoms with Gasteiger partial charge in [0, 0.05) is 31.5 Å². The van der Waals surface area contributed by atoms with Crippen LogP contribution in [0.15, 0.2) is 0 Å². The molecule has 1 aromatic rings. The number of ether oxygens (including phenoxy) is 1. The molecule has 17 heavy (non-hydrogen) atoms. The van der Waals surface area contributed by atoms with Crippen LogP contribution < -0.4 is 5.32 Å². The predicted octanol–water partition coefficient (Wildman–Crippen LogP) is 1.97. The lowest BCUT2D eigenvalue weighted by Gasteiger charge is -2.19. The average Bonchev–Trinajstić information content (AvgIpc) is 2.78. The van der Waals surface area contributed by atoms with Gasteiger partial charge in [-0.1, -0.05) is 13.8 Å². The maximum atomic E-state index is 5.48. The van der Waals surface area contributed by atoms with E-state index in [1.54, 1.807) is 11.3 Å². The molecule has 0 amide bonds. The number of rotatable bonds is 5. The van der Waals surface area contributed by atoms with Crippen LogP contribution >= 0.6 is 11.3 Å². The minimum absolute atomic E-state index is 0.480. The lowest BCUT2D eigenvalue weighted by atomic mass is 10.0. The first kappa shape index (κ1) is 12.9. The van der Waals surface area contributed by atoms with Crippen LogP contribution in [0.25, 0.3) is 0 Å². The first-order valence-electron chi connectivity index (χ1n) is 6.39. The van der Waals surface area contributed by atoms with Gasteiger partial charge in [0.1, 0.15) is 10.0 Å². The second-order valence-electron chi connectivity index (χ2n) is 4.81. The fourth-order valence-corrected chi connectivity index (χ4v) is 2.90. The first-order valence-corrected chi connectivity index (χ1v) is 7.20. The highest BCUT2D eigenvalue weighted by Gasteiger charge is 2.20. The van der Waals surface area contributed by atoms with Crippen molar-refractivity contribution in [3.05, 3.63) is 10.0 Å². The molecule has 2 heterocycles. The molecule has 0 aliphatic carbocycles. The van der Waals surface area contributed by atoms with Gasteiger partial charge in [-0.05, 0) is 12.8 Å². The van der Waals surface area contributed by atoms with Crippen molar-refractivity contribution >= 4 is 11.3 Å². The van der Waals surface area contributed by atoms with Crippen molar-refractivity contribution < 1.29 is 4.74 Å². The number of hydrogen-bond acceptors (Lipinski definition) is 5. The topological polar surface area (TPSA) is 47.0 Å². The van der Waals surface area contributed by atoms with Crippen molar-refractivity contribution in [1.82, 2.24) is 15.5 Å². The number of hydrogen-bond donors (Lipinski definition) is 1. The van der Waals surface area contributed by atoms with Gasteiger partial charge in [0.25, 0.3) is 0 Å². The fourth-order valence-electron chi connectivity index (χ4n) is 1.94. The lowest BCUT2D eigenvalue weighted by molar-refractivity contribution is 0.0802. The Labute approximate surface area is 107 Å². The van der Waals surface area contributed by atoms with E-state index < -0.39 is 0 Å². The van der Waals surface area contributed by atoms with E-state index in [1.807, 2.05) is 0 Å². The van der Waals surface area contributed by atoms with E-state index in [-0.39, 0.29) is 0 Å². The van der Waals surface area contributed by atoms with Gasteiger partial charge < -0.3 is 10.1 Å². The Morgan fingerprint density at radius 3 is 3.06 bits per heavy atom. The van der Waals surface area contributed by atoms with Crippen LogP contribution in [0.4, 0.5) is 0 Å². The Morgan fingerprint density at radius 1 is 1.47 bits per heavy atom. The van der Waals surface area contributed by atoms with E-state index in [0.717, 1.165) is 42.6 Å². The predicted molar refractivity (Wildman–Crippen MR) is 69.5 cm³/mol. The Morgan fingerprint density at radius 2 is 2.35 bits per heavy atom. The maximum Gasteiger partial charge on any atom is 0.122 e. The van der Waals surface area contributed by atoms with Crippen LogP contribution in [0.1, 0.15) is 42.6 Å². The maximum absolute atomic E-state index is 5.48. The Kier molecular flexibility index (Phi) is 4.88. The molecule has 1 fully saturated rings. The second-order valence-corrected chi connectivity index (χ2v) is 5.90. The van der Waals surface area contributed by atoms with Gasteiger partial charge in [-0.2, -0.15) is 0 Å². The molecule has 96 valence electrons. The number of nitrogens with zero attached hydrogens (tertiary/aromatic N) is 2. The molecule has 2 rings (SSSR count). The van der Waals surface area contributed by atoms with Gasteiger partial charge in [-0.15, -0.1) is 21.5 Å². The summed E-state index contributed by atoms with van der Waals surface area (Å²) in [6, 6.07) is 0.536. The Balaban J connectivity index is 1.82. The van der Waals surface area contributed by atoms with Crippen LogP contribution in [0.2, 0.25) is 0 Å². The third-order valence-corrected chi connectivity index (χ3v) is 4.03. The van der Waals surface area contributed by atoms with Crippen molar-refractivity contribution in [1.29, 1.82) is 0 Å². The van der Waals surface area contributed by atoms with E-state index in [2.05, 4.69) is 29.4 Å². The van der Waals surface area contributed by atoms with Crippen LogP contribution in [0.5, 0.6) is 0 Å². The third-order valence-electron chi connectivity index (χ3n) is 2.88. The summed E-state index contributed by atoms with van der Waals surface area (Å²) in [5, 5.41) is 14.3. The molecule has 0 bridgehead atoms. The zero-order valence-electron chi connectivity index (χ0n) is 10.6. The summed E-state index contributed by atoms with van der Waals surface area (Å²) in [7, 11) is 0. The Bertz CT molecular complexity index is 334. The van der Waals surface area contributed by atoms with Crippen molar-refractivity contribution in [2.24, 2.45) is 0 Å². The third kappa shape index (κ3) is 4.01. The number of aromatic nitrogens is 2. The highest BCUT2D eigenvalue weighted by atomic mass is 32.1. The van der Waals surface area contributed by atoms with Crippen molar-refractivity contribution in [2.75, 3.05) is 19.8 Å². The molecule has 0 saturated carbocycles. The summed E-state index contributed by atoms with van der Waals surface area (Å²) in [6.45, 7) is 7.02. The van der Waals surface area contributed by atoms with Gasteiger partial charge in [-0.3, -0.25) is 0 Å². The minimum atomic E-state index is 0.480. The molecule has 1 aliphatic rings. The van der Waals surface area contributed by atoms with Gasteiger partial charge in [0.05, 0.1) is 6.61 Å². The SMILES string of the molecule is CC(C)NCCc1nnc(C2CCCOC2)s1. The van der Waals surface area contributed by atoms with E-state index >= 15 is 0 Å². The molecule has 0 spiro atoms. The Hall–Kier alpha value is -0.520. The summed E-state index contributed by atoms with van der Waals surface area (Å²) in [4.78, 5) is 0. The second kappa shape index (κ2) is 6.42. The highest BCUT2D eigenvalue weighted by Crippen LogP contribution is 2.27. The zero-order valence-corrected chi connectivity index (χ0v) is 11.4. The molecule has 1 aliphatic heterocycles. The molecule has 1 atom stereocenters. The van der Waals surface area contributed by atoms with Crippen molar-refractivity contribution in [2.45, 2.75) is 45.1 Å². The minimum Gasteiger partial charge on any atom is -0.381 e. The van der Waals surface area contributed by atoms with Gasteiger partial charge >= 0.3 is 0 Å². The molecular formula is C12H21N3OS. The standard InChI is InChI=1S/C12H21N3OS/c1-9(2)13-6-5-11-14-15-12(17-11)10-4-3-7-16-8-10/h9-10,13H,3-8H2,1-2H3. The van der Waals surface area contributed by atoms with Gasteiger partial charge in [0.15, 0.2) is 0 Å². The van der Waals surface area contributed by atoms with E-state index in [4.69, 9.17) is 4.74 Å². The van der Waals surface area contributed by atoms with Crippen LogP contribution in [-0.2, 0) is 11.2 Å². The molecule has 0 aromatic carbocycles. The van der Waals surface area contributed by atoms with E-state index in [1.165, 1.54) is 6.42 Å². The molecule has 4 nitrogen and oxygen atoms in total. The smallest absolute Gasteiger partial charge is 0.122 e. The molecule has 1 N–H and O–H groups in total. The molecule has 1 saturated heterocycles. The van der Waals surface area contributed by atoms with Crippen LogP contribution in [-0.4, -0.2) is 36.0 Å². The summed E-state index contributed by atoms with van der Waals surface area (Å²) in [6.07, 6.45) is 3.32. The molecule has 5 heteroatoms. The normalized spacial score (nSPS) is 21.0. The fraction of sp³-hybridized carbons (Fsp3) is 0.833. The quantitative estimate of drug-likeness (QED) is 0.874. The monoisotopic (exact) mass is 255 g/mol. The number of nitrogens with one attached hydrogen (secondary N) is 1. The molecule has 1 aromatic heterocycles. The summed E-state index contributed by atoms with van der Waals surface area (Å²) < 4.78 is 5.48. The summed E-state index contributed by atoms with van der Waals surface area (Å²) in [5.74, 6) is 0.480. The van der Waals surface area contributed by atoms with E-state index in [0.29, 0.717) is 12.0 Å². The largest absolute Gasteiger partial charge is 0.381 e. The van der Waals surface area contributed by atoms with Gasteiger partial charge in [0.2, 0.25) is 0 Å². The van der Waals surface area contributed by atoms with E-state index in [9.17, 15) is 0 Å². The highest BCUT2D eigenvalue weighted by molar-refractivity contribution is 7.11. The molecular weight excluding hydrogens is 234 g/mol. The molecule has 1 unspecified atom stereocenters. The summed E-state index contributed by atoms with van der Waals surface area (Å²) in [5.41, 5.74) is 0. The van der Waals surface area contributed by atoms with Crippen molar-refractivity contribution in [3.63, 3.8) is 0 Å². The van der Waals surface area contributed by atoms with Crippen molar-refractivity contribution in [3.8, 4) is 0 Å². The summed E-state index contributed by atoms with van der Waals surface area (Å²) >= 11 is 1.75. The molecule has 0 radical (unpaired) electrons. The lowest BCUT2D eigenvalue weighted by Crippen LogP contribution is -2.24. The average molecular weight is 255 g/mol.